The maximum absolute atomic E-state index is 13.8. The van der Waals surface area contributed by atoms with Gasteiger partial charge in [-0.3, -0.25) is 4.79 Å². The molecule has 0 fully saturated rings. The lowest BCUT2D eigenvalue weighted by molar-refractivity contribution is -0.137. The molecule has 0 spiro atoms. The van der Waals surface area contributed by atoms with Crippen molar-refractivity contribution in [3.63, 3.8) is 0 Å². The Labute approximate surface area is 190 Å². The number of carbonyl (C=O) groups excluding carboxylic acids is 1. The van der Waals surface area contributed by atoms with Crippen molar-refractivity contribution in [3.8, 4) is 16.3 Å². The number of amides is 1. The molecule has 1 aromatic heterocycles. The van der Waals surface area contributed by atoms with Crippen molar-refractivity contribution in [2.75, 3.05) is 5.32 Å². The van der Waals surface area contributed by atoms with Crippen molar-refractivity contribution in [2.45, 2.75) is 12.8 Å². The van der Waals surface area contributed by atoms with Crippen LogP contribution in [-0.4, -0.2) is 10.9 Å². The number of carbonyl (C=O) groups is 1. The van der Waals surface area contributed by atoms with Gasteiger partial charge in [-0.05, 0) is 42.0 Å². The van der Waals surface area contributed by atoms with Crippen LogP contribution in [0.5, 0.6) is 5.75 Å². The summed E-state index contributed by atoms with van der Waals surface area (Å²) in [5, 5.41) is 4.62. The summed E-state index contributed by atoms with van der Waals surface area (Å²) in [5.41, 5.74) is 0.793. The van der Waals surface area contributed by atoms with Crippen LogP contribution in [-0.2, 0) is 12.8 Å². The minimum Gasteiger partial charge on any atom is -0.489 e. The van der Waals surface area contributed by atoms with Crippen molar-refractivity contribution in [3.05, 3.63) is 101 Å². The zero-order chi connectivity index (χ0) is 23.4. The Morgan fingerprint density at radius 1 is 1.00 bits per heavy atom. The number of rotatable bonds is 6. The molecule has 0 bridgehead atoms. The van der Waals surface area contributed by atoms with Gasteiger partial charge in [-0.25, -0.2) is 9.37 Å². The number of nitrogens with zero attached hydrogens (tertiary/aromatic N) is 1. The molecule has 0 aliphatic rings. The van der Waals surface area contributed by atoms with E-state index in [-0.39, 0.29) is 18.0 Å². The van der Waals surface area contributed by atoms with Crippen molar-refractivity contribution in [2.24, 2.45) is 0 Å². The van der Waals surface area contributed by atoms with Gasteiger partial charge in [-0.2, -0.15) is 13.2 Å². The van der Waals surface area contributed by atoms with Crippen LogP contribution in [0.3, 0.4) is 0 Å². The summed E-state index contributed by atoms with van der Waals surface area (Å²) in [6, 6.07) is 17.6. The van der Waals surface area contributed by atoms with E-state index in [4.69, 9.17) is 4.74 Å². The number of alkyl halides is 3. The molecule has 0 unspecified atom stereocenters. The average molecular weight is 472 g/mol. The summed E-state index contributed by atoms with van der Waals surface area (Å²) in [4.78, 5) is 16.7. The van der Waals surface area contributed by atoms with Gasteiger partial charge in [0.05, 0.1) is 11.3 Å². The lowest BCUT2D eigenvalue weighted by Crippen LogP contribution is -2.13. The van der Waals surface area contributed by atoms with E-state index in [0.717, 1.165) is 12.1 Å². The highest BCUT2D eigenvalue weighted by atomic mass is 32.1. The maximum Gasteiger partial charge on any atom is 0.416 e. The molecule has 0 saturated carbocycles. The average Bonchev–Trinajstić information content (AvgIpc) is 3.30. The zero-order valence-electron chi connectivity index (χ0n) is 16.9. The molecule has 168 valence electrons. The Hall–Kier alpha value is -3.72. The molecular formula is C24H16F4N2O2S. The third-order valence-electron chi connectivity index (χ3n) is 4.63. The topological polar surface area (TPSA) is 51.2 Å². The van der Waals surface area contributed by atoms with Crippen molar-refractivity contribution >= 4 is 22.9 Å². The van der Waals surface area contributed by atoms with E-state index in [9.17, 15) is 22.4 Å². The standard InChI is InChI=1S/C24H16F4N2O2S/c25-19-6-1-2-7-20(19)29-22(31)21-14-33-23(30-21)16-4-3-5-18(12-16)32-13-15-8-10-17(11-9-15)24(26,27)28/h1-12,14H,13H2,(H,29,31). The van der Waals surface area contributed by atoms with Crippen molar-refractivity contribution in [1.29, 1.82) is 0 Å². The van der Waals surface area contributed by atoms with Gasteiger partial charge in [-0.15, -0.1) is 11.3 Å². The van der Waals surface area contributed by atoms with Crippen LogP contribution < -0.4 is 10.1 Å². The summed E-state index contributed by atoms with van der Waals surface area (Å²) in [6.07, 6.45) is -4.38. The number of hydrogen-bond donors (Lipinski definition) is 1. The normalized spacial score (nSPS) is 11.3. The molecular weight excluding hydrogens is 456 g/mol. The molecule has 4 aromatic rings. The van der Waals surface area contributed by atoms with Crippen molar-refractivity contribution in [1.82, 2.24) is 4.98 Å². The first-order valence-electron chi connectivity index (χ1n) is 9.70. The predicted molar refractivity (Wildman–Crippen MR) is 118 cm³/mol. The Morgan fingerprint density at radius 3 is 2.48 bits per heavy atom. The monoisotopic (exact) mass is 472 g/mol. The molecule has 0 atom stereocenters. The third-order valence-corrected chi connectivity index (χ3v) is 5.52. The first-order valence-corrected chi connectivity index (χ1v) is 10.6. The second-order valence-electron chi connectivity index (χ2n) is 6.98. The van der Waals surface area contributed by atoms with Crippen LogP contribution in [0.4, 0.5) is 23.2 Å². The van der Waals surface area contributed by atoms with E-state index in [1.165, 1.54) is 41.7 Å². The van der Waals surface area contributed by atoms with Gasteiger partial charge < -0.3 is 10.1 Å². The number of hydrogen-bond acceptors (Lipinski definition) is 4. The Bertz CT molecular complexity index is 1270. The minimum atomic E-state index is -4.38. The molecule has 4 nitrogen and oxygen atoms in total. The largest absolute Gasteiger partial charge is 0.489 e. The number of anilines is 1. The molecule has 1 N–H and O–H groups in total. The number of thiazole rings is 1. The van der Waals surface area contributed by atoms with E-state index in [1.54, 1.807) is 35.7 Å². The second kappa shape index (κ2) is 9.41. The lowest BCUT2D eigenvalue weighted by Gasteiger charge is -2.09. The van der Waals surface area contributed by atoms with Gasteiger partial charge in [0.15, 0.2) is 0 Å². The van der Waals surface area contributed by atoms with Crippen molar-refractivity contribution < 1.29 is 27.1 Å². The molecule has 9 heteroatoms. The van der Waals surface area contributed by atoms with Crippen LogP contribution in [0.25, 0.3) is 10.6 Å². The molecule has 0 aliphatic heterocycles. The fourth-order valence-corrected chi connectivity index (χ4v) is 3.73. The zero-order valence-corrected chi connectivity index (χ0v) is 17.7. The van der Waals surface area contributed by atoms with Crippen LogP contribution in [0.15, 0.2) is 78.2 Å². The fraction of sp³-hybridized carbons (Fsp3) is 0.0833. The van der Waals surface area contributed by atoms with E-state index in [1.807, 2.05) is 0 Å². The molecule has 4 rings (SSSR count). The second-order valence-corrected chi connectivity index (χ2v) is 7.84. The summed E-state index contributed by atoms with van der Waals surface area (Å²) < 4.78 is 57.5. The summed E-state index contributed by atoms with van der Waals surface area (Å²) in [7, 11) is 0. The molecule has 1 heterocycles. The highest BCUT2D eigenvalue weighted by molar-refractivity contribution is 7.13. The summed E-state index contributed by atoms with van der Waals surface area (Å²) >= 11 is 1.24. The lowest BCUT2D eigenvalue weighted by atomic mass is 10.1. The van der Waals surface area contributed by atoms with E-state index < -0.39 is 23.5 Å². The SMILES string of the molecule is O=C(Nc1ccccc1F)c1csc(-c2cccc(OCc3ccc(C(F)(F)F)cc3)c2)n1. The van der Waals surface area contributed by atoms with Gasteiger partial charge in [0.25, 0.3) is 5.91 Å². The van der Waals surface area contributed by atoms with Gasteiger partial charge in [0, 0.05) is 10.9 Å². The first-order chi connectivity index (χ1) is 15.8. The van der Waals surface area contributed by atoms with Gasteiger partial charge >= 0.3 is 6.18 Å². The Kier molecular flexibility index (Phi) is 6.41. The van der Waals surface area contributed by atoms with E-state index >= 15 is 0 Å². The molecule has 0 saturated heterocycles. The highest BCUT2D eigenvalue weighted by Gasteiger charge is 2.29. The van der Waals surface area contributed by atoms with Gasteiger partial charge in [0.2, 0.25) is 0 Å². The molecule has 0 radical (unpaired) electrons. The van der Waals surface area contributed by atoms with Crippen LogP contribution in [0, 0.1) is 5.82 Å². The molecule has 1 amide bonds. The first kappa shape index (κ1) is 22.5. The third kappa shape index (κ3) is 5.56. The molecule has 0 aliphatic carbocycles. The number of halogens is 4. The van der Waals surface area contributed by atoms with Crippen LogP contribution in [0.1, 0.15) is 21.6 Å². The van der Waals surface area contributed by atoms with Gasteiger partial charge in [-0.1, -0.05) is 36.4 Å². The Morgan fingerprint density at radius 2 is 1.76 bits per heavy atom. The number of para-hydroxylation sites is 1. The fourth-order valence-electron chi connectivity index (χ4n) is 2.94. The summed E-state index contributed by atoms with van der Waals surface area (Å²) in [5.74, 6) is -0.573. The van der Waals surface area contributed by atoms with Crippen LogP contribution >= 0.6 is 11.3 Å². The molecule has 33 heavy (non-hydrogen) atoms. The Balaban J connectivity index is 1.42. The number of nitrogens with one attached hydrogen (secondary N) is 1. The minimum absolute atomic E-state index is 0.0655. The maximum atomic E-state index is 13.8. The number of benzene rings is 3. The molecule has 3 aromatic carbocycles. The number of ether oxygens (including phenoxy) is 1. The highest BCUT2D eigenvalue weighted by Crippen LogP contribution is 2.30. The predicted octanol–water partition coefficient (Wildman–Crippen LogP) is 6.80. The quantitative estimate of drug-likeness (QED) is 0.314. The van der Waals surface area contributed by atoms with E-state index in [2.05, 4.69) is 10.3 Å². The smallest absolute Gasteiger partial charge is 0.416 e. The summed E-state index contributed by atoms with van der Waals surface area (Å²) in [6.45, 7) is 0.0930. The van der Waals surface area contributed by atoms with Gasteiger partial charge in [0.1, 0.15) is 28.9 Å². The number of aromatic nitrogens is 1. The van der Waals surface area contributed by atoms with Crippen LogP contribution in [0.2, 0.25) is 0 Å². The van der Waals surface area contributed by atoms with E-state index in [0.29, 0.717) is 21.9 Å².